The van der Waals surface area contributed by atoms with E-state index in [1.807, 2.05) is 22.6 Å². The number of aromatic nitrogens is 1. The normalized spacial score (nSPS) is 20.5. The summed E-state index contributed by atoms with van der Waals surface area (Å²) in [5.41, 5.74) is 0.562. The quantitative estimate of drug-likeness (QED) is 0.584. The molecule has 1 atom stereocenters. The summed E-state index contributed by atoms with van der Waals surface area (Å²) < 4.78 is 23.3. The van der Waals surface area contributed by atoms with Crippen LogP contribution in [0.3, 0.4) is 0 Å². The average Bonchev–Trinajstić information content (AvgIpc) is 2.64. The van der Waals surface area contributed by atoms with E-state index in [2.05, 4.69) is 4.98 Å². The molecule has 0 saturated carbocycles. The molecule has 1 fully saturated rings. The topological polar surface area (TPSA) is 93.4 Å². The smallest absolute Gasteiger partial charge is 0.228 e. The standard InChI is InChI=1S/C9H9ClIN3O3S/c10-8-2-7(6(11)3-13-8)14-4-5(1-9(14)15)18(12,16)17/h2-3,5H,1,4H2,(H2,12,16,17). The summed E-state index contributed by atoms with van der Waals surface area (Å²) in [6, 6.07) is 1.53. The molecule has 0 spiro atoms. The van der Waals surface area contributed by atoms with Gasteiger partial charge in [0, 0.05) is 25.2 Å². The van der Waals surface area contributed by atoms with Crippen LogP contribution < -0.4 is 10.0 Å². The number of anilines is 1. The van der Waals surface area contributed by atoms with Crippen LogP contribution in [-0.2, 0) is 14.8 Å². The van der Waals surface area contributed by atoms with Crippen LogP contribution >= 0.6 is 34.2 Å². The van der Waals surface area contributed by atoms with E-state index in [0.29, 0.717) is 5.69 Å². The molecule has 2 heterocycles. The van der Waals surface area contributed by atoms with Crippen LogP contribution in [0.1, 0.15) is 6.42 Å². The second kappa shape index (κ2) is 4.91. The van der Waals surface area contributed by atoms with Gasteiger partial charge in [-0.25, -0.2) is 18.5 Å². The first-order valence-electron chi connectivity index (χ1n) is 4.92. The van der Waals surface area contributed by atoms with Crippen molar-refractivity contribution < 1.29 is 13.2 Å². The van der Waals surface area contributed by atoms with E-state index < -0.39 is 15.3 Å². The lowest BCUT2D eigenvalue weighted by molar-refractivity contribution is -0.117. The third kappa shape index (κ3) is 2.76. The Morgan fingerprint density at radius 2 is 2.22 bits per heavy atom. The third-order valence-electron chi connectivity index (χ3n) is 2.65. The minimum Gasteiger partial charge on any atom is -0.310 e. The maximum atomic E-state index is 11.8. The molecule has 0 aromatic carbocycles. The number of pyridine rings is 1. The van der Waals surface area contributed by atoms with Crippen LogP contribution in [0.15, 0.2) is 12.3 Å². The Kier molecular flexibility index (Phi) is 3.81. The van der Waals surface area contributed by atoms with Crippen LogP contribution in [-0.4, -0.2) is 31.1 Å². The lowest BCUT2D eigenvalue weighted by Crippen LogP contribution is -2.32. The van der Waals surface area contributed by atoms with Gasteiger partial charge in [0.2, 0.25) is 15.9 Å². The van der Waals surface area contributed by atoms with E-state index in [9.17, 15) is 13.2 Å². The Labute approximate surface area is 123 Å². The van der Waals surface area contributed by atoms with Gasteiger partial charge in [0.1, 0.15) is 10.4 Å². The molecule has 1 aliphatic rings. The number of carbonyl (C=O) groups is 1. The first-order chi connectivity index (χ1) is 8.29. The molecule has 1 saturated heterocycles. The molecule has 18 heavy (non-hydrogen) atoms. The lowest BCUT2D eigenvalue weighted by Gasteiger charge is -2.17. The molecule has 9 heteroatoms. The van der Waals surface area contributed by atoms with Crippen molar-refractivity contribution in [3.05, 3.63) is 21.0 Å². The highest BCUT2D eigenvalue weighted by molar-refractivity contribution is 14.1. The van der Waals surface area contributed by atoms with E-state index >= 15 is 0 Å². The van der Waals surface area contributed by atoms with E-state index in [4.69, 9.17) is 16.7 Å². The predicted molar refractivity (Wildman–Crippen MR) is 75.8 cm³/mol. The van der Waals surface area contributed by atoms with Gasteiger partial charge < -0.3 is 4.90 Å². The monoisotopic (exact) mass is 401 g/mol. The van der Waals surface area contributed by atoms with Gasteiger partial charge in [0.05, 0.1) is 9.26 Å². The van der Waals surface area contributed by atoms with E-state index in [1.165, 1.54) is 17.2 Å². The van der Waals surface area contributed by atoms with Gasteiger partial charge in [-0.1, -0.05) is 11.6 Å². The number of nitrogens with two attached hydrogens (primary N) is 1. The van der Waals surface area contributed by atoms with Crippen molar-refractivity contribution in [2.75, 3.05) is 11.4 Å². The van der Waals surface area contributed by atoms with E-state index in [1.54, 1.807) is 0 Å². The van der Waals surface area contributed by atoms with Crippen molar-refractivity contribution in [3.63, 3.8) is 0 Å². The zero-order valence-electron chi connectivity index (χ0n) is 9.01. The van der Waals surface area contributed by atoms with Gasteiger partial charge in [0.15, 0.2) is 0 Å². The van der Waals surface area contributed by atoms with Gasteiger partial charge in [-0.05, 0) is 22.6 Å². The van der Waals surface area contributed by atoms with Crippen molar-refractivity contribution in [1.29, 1.82) is 0 Å². The van der Waals surface area contributed by atoms with Gasteiger partial charge in [-0.15, -0.1) is 0 Å². The number of nitrogens with zero attached hydrogens (tertiary/aromatic N) is 2. The van der Waals surface area contributed by atoms with Crippen molar-refractivity contribution in [2.24, 2.45) is 5.14 Å². The number of sulfonamides is 1. The minimum atomic E-state index is -3.71. The summed E-state index contributed by atoms with van der Waals surface area (Å²) in [5, 5.41) is 4.44. The minimum absolute atomic E-state index is 0.0496. The third-order valence-corrected chi connectivity index (χ3v) is 4.93. The summed E-state index contributed by atoms with van der Waals surface area (Å²) in [4.78, 5) is 17.1. The molecule has 0 bridgehead atoms. The summed E-state index contributed by atoms with van der Waals surface area (Å²) in [6.45, 7) is 0.0496. The molecule has 98 valence electrons. The number of primary sulfonamides is 1. The SMILES string of the molecule is NS(=O)(=O)C1CC(=O)N(c2cc(Cl)ncc2I)C1. The Morgan fingerprint density at radius 1 is 1.56 bits per heavy atom. The molecule has 1 aromatic rings. The van der Waals surface area contributed by atoms with Crippen molar-refractivity contribution in [3.8, 4) is 0 Å². The summed E-state index contributed by atoms with van der Waals surface area (Å²) in [6.07, 6.45) is 1.42. The number of hydrogen-bond acceptors (Lipinski definition) is 4. The molecule has 1 unspecified atom stereocenters. The molecule has 0 radical (unpaired) electrons. The van der Waals surface area contributed by atoms with Gasteiger partial charge in [0.25, 0.3) is 0 Å². The highest BCUT2D eigenvalue weighted by atomic mass is 127. The zero-order valence-corrected chi connectivity index (χ0v) is 12.7. The predicted octanol–water partition coefficient (Wildman–Crippen LogP) is 0.733. The van der Waals surface area contributed by atoms with Crippen LogP contribution in [0, 0.1) is 3.57 Å². The highest BCUT2D eigenvalue weighted by Crippen LogP contribution is 2.29. The molecule has 6 nitrogen and oxygen atoms in total. The molecule has 1 aromatic heterocycles. The molecule has 2 rings (SSSR count). The maximum Gasteiger partial charge on any atom is 0.228 e. The summed E-state index contributed by atoms with van der Waals surface area (Å²) >= 11 is 7.78. The Bertz CT molecular complexity index is 607. The number of halogens is 2. The Hall–Kier alpha value is -0.450. The Morgan fingerprint density at radius 3 is 2.78 bits per heavy atom. The van der Waals surface area contributed by atoms with Gasteiger partial charge in [-0.3, -0.25) is 4.79 Å². The van der Waals surface area contributed by atoms with Crippen LogP contribution in [0.4, 0.5) is 5.69 Å². The molecule has 1 amide bonds. The molecule has 2 N–H and O–H groups in total. The van der Waals surface area contributed by atoms with Gasteiger partial charge >= 0.3 is 0 Å². The average molecular weight is 402 g/mol. The fourth-order valence-electron chi connectivity index (χ4n) is 1.74. The first-order valence-corrected chi connectivity index (χ1v) is 7.98. The largest absolute Gasteiger partial charge is 0.310 e. The first kappa shape index (κ1) is 14.0. The fourth-order valence-corrected chi connectivity index (χ4v) is 3.21. The van der Waals surface area contributed by atoms with Gasteiger partial charge in [-0.2, -0.15) is 0 Å². The van der Waals surface area contributed by atoms with E-state index in [0.717, 1.165) is 3.57 Å². The second-order valence-electron chi connectivity index (χ2n) is 3.88. The lowest BCUT2D eigenvalue weighted by atomic mass is 10.3. The number of hydrogen-bond donors (Lipinski definition) is 1. The van der Waals surface area contributed by atoms with Crippen molar-refractivity contribution in [2.45, 2.75) is 11.7 Å². The summed E-state index contributed by atoms with van der Waals surface area (Å²) in [5.74, 6) is -0.283. The fraction of sp³-hybridized carbons (Fsp3) is 0.333. The Balaban J connectivity index is 2.35. The number of amides is 1. The van der Waals surface area contributed by atoms with E-state index in [-0.39, 0.29) is 24.0 Å². The van der Waals surface area contributed by atoms with Crippen LogP contribution in [0.5, 0.6) is 0 Å². The molecular formula is C9H9ClIN3O3S. The molecule has 0 aliphatic carbocycles. The number of carbonyl (C=O) groups excluding carboxylic acids is 1. The van der Waals surface area contributed by atoms with Crippen LogP contribution in [0.2, 0.25) is 5.15 Å². The molecule has 1 aliphatic heterocycles. The second-order valence-corrected chi connectivity index (χ2v) is 7.27. The maximum absolute atomic E-state index is 11.8. The van der Waals surface area contributed by atoms with Crippen molar-refractivity contribution in [1.82, 2.24) is 4.98 Å². The zero-order chi connectivity index (χ0) is 13.5. The number of rotatable bonds is 2. The van der Waals surface area contributed by atoms with Crippen LogP contribution in [0.25, 0.3) is 0 Å². The summed E-state index contributed by atoms with van der Waals surface area (Å²) in [7, 11) is -3.71. The van der Waals surface area contributed by atoms with Crippen molar-refractivity contribution >= 4 is 55.8 Å². The molecular weight excluding hydrogens is 393 g/mol. The highest BCUT2D eigenvalue weighted by Gasteiger charge is 2.37.